The van der Waals surface area contributed by atoms with Crippen molar-refractivity contribution in [1.29, 1.82) is 0 Å². The molecule has 0 fully saturated rings. The van der Waals surface area contributed by atoms with E-state index in [4.69, 9.17) is 14.3 Å². The number of carboxylic acids is 1. The molecule has 0 saturated heterocycles. The lowest BCUT2D eigenvalue weighted by molar-refractivity contribution is -0.139. The van der Waals surface area contributed by atoms with Gasteiger partial charge in [0.05, 0.1) is 24.2 Å². The monoisotopic (exact) mass is 316 g/mol. The molecule has 0 amide bonds. The first-order valence-corrected chi connectivity index (χ1v) is 6.25. The second-order valence-electron chi connectivity index (χ2n) is 4.40. The van der Waals surface area contributed by atoms with Crippen LogP contribution in [0, 0.1) is 0 Å². The number of fused-ring (bicyclic) bond motifs is 1. The third-order valence-corrected chi connectivity index (χ3v) is 2.90. The molecule has 1 N–H and O–H groups in total. The Hall–Kier alpha value is -2.51. The predicted molar refractivity (Wildman–Crippen MR) is 70.0 cm³/mol. The Bertz CT molecular complexity index is 776. The van der Waals surface area contributed by atoms with Gasteiger partial charge in [0.1, 0.15) is 11.3 Å². The van der Waals surface area contributed by atoms with Crippen molar-refractivity contribution in [3.05, 3.63) is 39.7 Å². The minimum Gasteiger partial charge on any atom is -0.494 e. The van der Waals surface area contributed by atoms with Gasteiger partial charge in [0, 0.05) is 11.5 Å². The zero-order valence-corrected chi connectivity index (χ0v) is 11.4. The Morgan fingerprint density at radius 2 is 2.05 bits per heavy atom. The van der Waals surface area contributed by atoms with E-state index in [1.807, 2.05) is 0 Å². The Morgan fingerprint density at radius 1 is 1.36 bits per heavy atom. The summed E-state index contributed by atoms with van der Waals surface area (Å²) in [5.74, 6) is -1.31. The van der Waals surface area contributed by atoms with E-state index in [2.05, 4.69) is 0 Å². The van der Waals surface area contributed by atoms with Crippen LogP contribution in [0.15, 0.2) is 27.4 Å². The number of hydrogen-bond acceptors (Lipinski definition) is 4. The van der Waals surface area contributed by atoms with Gasteiger partial charge in [-0.2, -0.15) is 13.2 Å². The fraction of sp³-hybridized carbons (Fsp3) is 0.286. The van der Waals surface area contributed by atoms with Crippen LogP contribution in [0.25, 0.3) is 11.0 Å². The molecule has 0 aliphatic carbocycles. The van der Waals surface area contributed by atoms with Gasteiger partial charge in [0.25, 0.3) is 0 Å². The van der Waals surface area contributed by atoms with Crippen molar-refractivity contribution in [3.8, 4) is 5.75 Å². The van der Waals surface area contributed by atoms with E-state index in [1.165, 1.54) is 12.1 Å². The Labute approximate surface area is 121 Å². The summed E-state index contributed by atoms with van der Waals surface area (Å²) in [4.78, 5) is 22.4. The lowest BCUT2D eigenvalue weighted by Gasteiger charge is -2.14. The van der Waals surface area contributed by atoms with E-state index >= 15 is 0 Å². The van der Waals surface area contributed by atoms with Crippen LogP contribution in [0.2, 0.25) is 0 Å². The van der Waals surface area contributed by atoms with Crippen LogP contribution in [0.4, 0.5) is 13.2 Å². The smallest absolute Gasteiger partial charge is 0.417 e. The van der Waals surface area contributed by atoms with Crippen LogP contribution in [-0.2, 0) is 17.4 Å². The van der Waals surface area contributed by atoms with E-state index in [-0.39, 0.29) is 16.7 Å². The fourth-order valence-corrected chi connectivity index (χ4v) is 2.11. The first kappa shape index (κ1) is 15.9. The summed E-state index contributed by atoms with van der Waals surface area (Å²) in [5, 5.41) is 8.32. The molecule has 0 spiro atoms. The summed E-state index contributed by atoms with van der Waals surface area (Å²) in [6.45, 7) is 1.98. The molecule has 1 aromatic carbocycles. The van der Waals surface area contributed by atoms with Crippen molar-refractivity contribution in [2.75, 3.05) is 6.61 Å². The lowest BCUT2D eigenvalue weighted by atomic mass is 10.0. The molecule has 0 radical (unpaired) electrons. The van der Waals surface area contributed by atoms with E-state index in [9.17, 15) is 22.8 Å². The van der Waals surface area contributed by atoms with Crippen LogP contribution in [0.1, 0.15) is 18.1 Å². The lowest BCUT2D eigenvalue weighted by Crippen LogP contribution is -2.21. The van der Waals surface area contributed by atoms with Crippen LogP contribution in [0.5, 0.6) is 5.75 Å². The highest BCUT2D eigenvalue weighted by Gasteiger charge is 2.38. The van der Waals surface area contributed by atoms with Gasteiger partial charge >= 0.3 is 17.8 Å². The first-order valence-electron chi connectivity index (χ1n) is 6.25. The summed E-state index contributed by atoms with van der Waals surface area (Å²) in [5.41, 5.74) is -3.84. The van der Waals surface area contributed by atoms with Crippen molar-refractivity contribution in [1.82, 2.24) is 0 Å². The zero-order valence-electron chi connectivity index (χ0n) is 11.4. The zero-order chi connectivity index (χ0) is 16.5. The van der Waals surface area contributed by atoms with E-state index in [0.717, 1.165) is 6.07 Å². The molecule has 0 unspecified atom stereocenters. The topological polar surface area (TPSA) is 76.7 Å². The van der Waals surface area contributed by atoms with Crippen LogP contribution < -0.4 is 10.4 Å². The molecule has 0 aliphatic heterocycles. The molecule has 0 atom stereocenters. The number of carboxylic acid groups (broad SMARTS) is 1. The minimum atomic E-state index is -4.88. The summed E-state index contributed by atoms with van der Waals surface area (Å²) < 4.78 is 49.7. The van der Waals surface area contributed by atoms with Gasteiger partial charge in [0.15, 0.2) is 0 Å². The van der Waals surface area contributed by atoms with Crippen molar-refractivity contribution in [3.63, 3.8) is 0 Å². The maximum absolute atomic E-state index is 13.3. The normalized spacial score (nSPS) is 11.6. The number of aliphatic carboxylic acids is 1. The minimum absolute atomic E-state index is 0.247. The number of alkyl halides is 3. The Morgan fingerprint density at radius 3 is 2.59 bits per heavy atom. The second kappa shape index (κ2) is 5.70. The quantitative estimate of drug-likeness (QED) is 0.878. The van der Waals surface area contributed by atoms with Gasteiger partial charge in [0.2, 0.25) is 0 Å². The third-order valence-electron chi connectivity index (χ3n) is 2.90. The molecule has 1 heterocycles. The van der Waals surface area contributed by atoms with Gasteiger partial charge in [-0.3, -0.25) is 4.79 Å². The van der Waals surface area contributed by atoms with E-state index in [1.54, 1.807) is 6.92 Å². The van der Waals surface area contributed by atoms with Gasteiger partial charge in [-0.15, -0.1) is 0 Å². The highest BCUT2D eigenvalue weighted by atomic mass is 19.4. The van der Waals surface area contributed by atoms with Crippen molar-refractivity contribution < 1.29 is 32.2 Å². The molecule has 2 aromatic rings. The second-order valence-corrected chi connectivity index (χ2v) is 4.40. The molecule has 0 saturated carbocycles. The molecule has 0 bridgehead atoms. The van der Waals surface area contributed by atoms with Gasteiger partial charge in [-0.1, -0.05) is 0 Å². The van der Waals surface area contributed by atoms with Crippen molar-refractivity contribution >= 4 is 16.9 Å². The Kier molecular flexibility index (Phi) is 4.11. The molecule has 1 aromatic heterocycles. The molecular weight excluding hydrogens is 305 g/mol. The molecule has 118 valence electrons. The van der Waals surface area contributed by atoms with E-state index < -0.39 is 35.3 Å². The molecule has 0 aliphatic rings. The van der Waals surface area contributed by atoms with Crippen LogP contribution in [-0.4, -0.2) is 17.7 Å². The summed E-state index contributed by atoms with van der Waals surface area (Å²) >= 11 is 0. The van der Waals surface area contributed by atoms with Gasteiger partial charge in [-0.05, 0) is 19.1 Å². The maximum Gasteiger partial charge on any atom is 0.417 e. The van der Waals surface area contributed by atoms with Crippen LogP contribution >= 0.6 is 0 Å². The first-order chi connectivity index (χ1) is 10.2. The van der Waals surface area contributed by atoms with Gasteiger partial charge < -0.3 is 14.3 Å². The highest BCUT2D eigenvalue weighted by molar-refractivity contribution is 5.84. The number of rotatable bonds is 4. The average Bonchev–Trinajstić information content (AvgIpc) is 2.38. The predicted octanol–water partition coefficient (Wildman–Crippen LogP) is 2.84. The largest absolute Gasteiger partial charge is 0.494 e. The van der Waals surface area contributed by atoms with E-state index in [0.29, 0.717) is 6.61 Å². The molecule has 2 rings (SSSR count). The molecular formula is C14H11F3O5. The third kappa shape index (κ3) is 3.05. The van der Waals surface area contributed by atoms with Crippen molar-refractivity contribution in [2.45, 2.75) is 19.5 Å². The average molecular weight is 316 g/mol. The molecule has 22 heavy (non-hydrogen) atoms. The standard InChI is InChI=1S/C14H11F3O5/c1-2-21-7-3-4-8-10(5-7)22-13(20)9(6-11(18)19)12(8)14(15,16)17/h3-5H,2,6H2,1H3,(H,18,19). The summed E-state index contributed by atoms with van der Waals surface area (Å²) in [7, 11) is 0. The van der Waals surface area contributed by atoms with Gasteiger partial charge in [-0.25, -0.2) is 4.79 Å². The maximum atomic E-state index is 13.3. The highest BCUT2D eigenvalue weighted by Crippen LogP contribution is 2.37. The fourth-order valence-electron chi connectivity index (χ4n) is 2.11. The number of carbonyl (C=O) groups is 1. The Balaban J connectivity index is 2.80. The number of hydrogen-bond donors (Lipinski definition) is 1. The summed E-state index contributed by atoms with van der Waals surface area (Å²) in [6, 6.07) is 3.56. The number of ether oxygens (including phenoxy) is 1. The molecule has 8 heteroatoms. The summed E-state index contributed by atoms with van der Waals surface area (Å²) in [6.07, 6.45) is -5.95. The van der Waals surface area contributed by atoms with Crippen molar-refractivity contribution in [2.24, 2.45) is 0 Å². The van der Waals surface area contributed by atoms with Crippen LogP contribution in [0.3, 0.4) is 0 Å². The number of benzene rings is 1. The SMILES string of the molecule is CCOc1ccc2c(C(F)(F)F)c(CC(=O)O)c(=O)oc2c1. The molecule has 5 nitrogen and oxygen atoms in total. The number of halogens is 3.